The molecule has 1 aromatic rings. The van der Waals surface area contributed by atoms with E-state index in [0.29, 0.717) is 6.42 Å². The molecule has 0 unspecified atom stereocenters. The van der Waals surface area contributed by atoms with E-state index in [2.05, 4.69) is 0 Å². The summed E-state index contributed by atoms with van der Waals surface area (Å²) in [6, 6.07) is 2.37. The first kappa shape index (κ1) is 21.2. The summed E-state index contributed by atoms with van der Waals surface area (Å²) in [5, 5.41) is 10.1. The molecular formula is C18H25ClN2O6S. The van der Waals surface area contributed by atoms with Gasteiger partial charge in [-0.15, -0.1) is 0 Å². The molecule has 2 saturated heterocycles. The van der Waals surface area contributed by atoms with Crippen LogP contribution in [0, 0.1) is 5.41 Å². The Balaban J connectivity index is 1.99. The number of likely N-dealkylation sites (tertiary alicyclic amines) is 1. The lowest BCUT2D eigenvalue weighted by Crippen LogP contribution is -2.63. The highest BCUT2D eigenvalue weighted by Gasteiger charge is 2.54. The molecule has 1 N–H and O–H groups in total. The van der Waals surface area contributed by atoms with Crippen molar-refractivity contribution in [2.45, 2.75) is 30.2 Å². The number of piperidine rings is 2. The Kier molecular flexibility index (Phi) is 5.82. The Morgan fingerprint density at radius 3 is 2.50 bits per heavy atom. The highest BCUT2D eigenvalue weighted by molar-refractivity contribution is 7.89. The molecule has 0 aromatic heterocycles. The topological polar surface area (TPSA) is 96.4 Å². The molecule has 8 nitrogen and oxygen atoms in total. The third-order valence-corrected chi connectivity index (χ3v) is 8.15. The molecule has 1 aromatic carbocycles. The number of carboxylic acid groups (broad SMARTS) is 1. The number of aliphatic carboxylic acids is 1. The van der Waals surface area contributed by atoms with Crippen molar-refractivity contribution in [3.63, 3.8) is 0 Å². The molecule has 156 valence electrons. The SMILES string of the molecule is COc1cc(S(=O)(=O)N2CC[C@@]3(C(=O)O)CCCN(C)[C@@H]3C2)c(OC)cc1Cl. The van der Waals surface area contributed by atoms with E-state index in [-0.39, 0.29) is 47.0 Å². The van der Waals surface area contributed by atoms with Crippen LogP contribution in [0.15, 0.2) is 17.0 Å². The van der Waals surface area contributed by atoms with Gasteiger partial charge >= 0.3 is 5.97 Å². The number of benzene rings is 1. The van der Waals surface area contributed by atoms with Crippen LogP contribution in [0.5, 0.6) is 11.5 Å². The molecule has 0 bridgehead atoms. The van der Waals surface area contributed by atoms with Gasteiger partial charge in [0.05, 0.1) is 24.7 Å². The Bertz CT molecular complexity index is 877. The van der Waals surface area contributed by atoms with Crippen molar-refractivity contribution in [2.24, 2.45) is 5.41 Å². The molecule has 0 spiro atoms. The van der Waals surface area contributed by atoms with Crippen LogP contribution in [0.25, 0.3) is 0 Å². The smallest absolute Gasteiger partial charge is 0.311 e. The number of sulfonamides is 1. The van der Waals surface area contributed by atoms with E-state index in [0.717, 1.165) is 13.0 Å². The predicted molar refractivity (Wildman–Crippen MR) is 104 cm³/mol. The van der Waals surface area contributed by atoms with Crippen molar-refractivity contribution in [1.29, 1.82) is 0 Å². The number of nitrogens with zero attached hydrogens (tertiary/aromatic N) is 2. The number of likely N-dealkylation sites (N-methyl/N-ethyl adjacent to an activating group) is 1. The summed E-state index contributed by atoms with van der Waals surface area (Å²) in [5.74, 6) is -0.502. The molecule has 2 aliphatic rings. The van der Waals surface area contributed by atoms with Gasteiger partial charge in [-0.25, -0.2) is 8.42 Å². The number of methoxy groups -OCH3 is 2. The lowest BCUT2D eigenvalue weighted by Gasteiger charge is -2.51. The van der Waals surface area contributed by atoms with Crippen LogP contribution in [-0.2, 0) is 14.8 Å². The van der Waals surface area contributed by atoms with E-state index in [9.17, 15) is 18.3 Å². The molecule has 0 radical (unpaired) electrons. The van der Waals surface area contributed by atoms with E-state index in [1.54, 1.807) is 0 Å². The first-order chi connectivity index (χ1) is 13.2. The van der Waals surface area contributed by atoms with E-state index in [1.165, 1.54) is 30.7 Å². The molecule has 2 atom stereocenters. The number of hydrogen-bond acceptors (Lipinski definition) is 6. The number of fused-ring (bicyclic) bond motifs is 1. The average Bonchev–Trinajstić information content (AvgIpc) is 2.67. The summed E-state index contributed by atoms with van der Waals surface area (Å²) >= 11 is 6.09. The number of halogens is 1. The number of rotatable bonds is 5. The minimum Gasteiger partial charge on any atom is -0.495 e. The van der Waals surface area contributed by atoms with Crippen molar-refractivity contribution in [1.82, 2.24) is 9.21 Å². The minimum atomic E-state index is -3.93. The normalized spacial score (nSPS) is 26.5. The molecular weight excluding hydrogens is 408 g/mol. The zero-order valence-corrected chi connectivity index (χ0v) is 17.7. The van der Waals surface area contributed by atoms with E-state index in [4.69, 9.17) is 21.1 Å². The van der Waals surface area contributed by atoms with Gasteiger partial charge in [-0.05, 0) is 32.9 Å². The zero-order valence-electron chi connectivity index (χ0n) is 16.1. The summed E-state index contributed by atoms with van der Waals surface area (Å²) in [6.07, 6.45) is 1.61. The maximum Gasteiger partial charge on any atom is 0.311 e. The van der Waals surface area contributed by atoms with Crippen LogP contribution in [0.4, 0.5) is 0 Å². The second-order valence-corrected chi connectivity index (χ2v) is 9.63. The first-order valence-corrected chi connectivity index (χ1v) is 10.8. The van der Waals surface area contributed by atoms with Crippen LogP contribution < -0.4 is 9.47 Å². The Hall–Kier alpha value is -1.55. The Labute approximate surface area is 170 Å². The summed E-state index contributed by atoms with van der Waals surface area (Å²) in [4.78, 5) is 14.0. The summed E-state index contributed by atoms with van der Waals surface area (Å²) in [7, 11) is 0.699. The molecule has 0 aliphatic carbocycles. The van der Waals surface area contributed by atoms with Crippen LogP contribution in [0.1, 0.15) is 19.3 Å². The molecule has 10 heteroatoms. The van der Waals surface area contributed by atoms with Gasteiger partial charge in [-0.2, -0.15) is 4.31 Å². The molecule has 3 rings (SSSR count). The van der Waals surface area contributed by atoms with Crippen LogP contribution >= 0.6 is 11.6 Å². The predicted octanol–water partition coefficient (Wildman–Crippen LogP) is 1.92. The molecule has 2 aliphatic heterocycles. The van der Waals surface area contributed by atoms with Crippen molar-refractivity contribution < 1.29 is 27.8 Å². The molecule has 0 saturated carbocycles. The second kappa shape index (κ2) is 7.70. The van der Waals surface area contributed by atoms with Crippen molar-refractivity contribution in [2.75, 3.05) is 40.9 Å². The second-order valence-electron chi connectivity index (χ2n) is 7.31. The van der Waals surface area contributed by atoms with Crippen LogP contribution in [0.2, 0.25) is 5.02 Å². The lowest BCUT2D eigenvalue weighted by atomic mass is 9.69. The average molecular weight is 433 g/mol. The Morgan fingerprint density at radius 1 is 1.21 bits per heavy atom. The van der Waals surface area contributed by atoms with Crippen molar-refractivity contribution in [3.05, 3.63) is 17.2 Å². The summed E-state index contributed by atoms with van der Waals surface area (Å²) < 4.78 is 38.5. The Morgan fingerprint density at radius 2 is 1.89 bits per heavy atom. The molecule has 2 heterocycles. The van der Waals surface area contributed by atoms with Gasteiger partial charge in [0.1, 0.15) is 16.4 Å². The first-order valence-electron chi connectivity index (χ1n) is 9.02. The van der Waals surface area contributed by atoms with Gasteiger partial charge < -0.3 is 19.5 Å². The van der Waals surface area contributed by atoms with E-state index in [1.807, 2.05) is 11.9 Å². The van der Waals surface area contributed by atoms with Crippen LogP contribution in [-0.4, -0.2) is 75.6 Å². The van der Waals surface area contributed by atoms with Crippen molar-refractivity contribution >= 4 is 27.6 Å². The van der Waals surface area contributed by atoms with Gasteiger partial charge in [-0.1, -0.05) is 11.6 Å². The van der Waals surface area contributed by atoms with Gasteiger partial charge in [-0.3, -0.25) is 4.79 Å². The standard InChI is InChI=1S/C18H25ClN2O6S/c1-20-7-4-5-18(17(22)23)6-8-21(11-16(18)20)28(24,25)15-10-13(26-2)12(19)9-14(15)27-3/h9-10,16H,4-8,11H2,1-3H3,(H,22,23)/t16-,18+/m1/s1. The van der Waals surface area contributed by atoms with Gasteiger partial charge in [0.15, 0.2) is 0 Å². The summed E-state index contributed by atoms with van der Waals surface area (Å²) in [5.41, 5.74) is -0.916. The number of carbonyl (C=O) groups is 1. The van der Waals surface area contributed by atoms with Gasteiger partial charge in [0, 0.05) is 31.3 Å². The quantitative estimate of drug-likeness (QED) is 0.759. The molecule has 2 fully saturated rings. The number of carboxylic acids is 1. The number of hydrogen-bond donors (Lipinski definition) is 1. The number of ether oxygens (including phenoxy) is 2. The van der Waals surface area contributed by atoms with E-state index < -0.39 is 21.4 Å². The maximum atomic E-state index is 13.4. The fraction of sp³-hybridized carbons (Fsp3) is 0.611. The van der Waals surface area contributed by atoms with Gasteiger partial charge in [0.2, 0.25) is 10.0 Å². The largest absolute Gasteiger partial charge is 0.495 e. The third kappa shape index (κ3) is 3.34. The molecule has 28 heavy (non-hydrogen) atoms. The fourth-order valence-electron chi connectivity index (χ4n) is 4.35. The lowest BCUT2D eigenvalue weighted by molar-refractivity contribution is -0.160. The highest BCUT2D eigenvalue weighted by atomic mass is 35.5. The third-order valence-electron chi connectivity index (χ3n) is 5.97. The molecule has 0 amide bonds. The van der Waals surface area contributed by atoms with Gasteiger partial charge in [0.25, 0.3) is 0 Å². The monoisotopic (exact) mass is 432 g/mol. The minimum absolute atomic E-state index is 0.0439. The zero-order chi connectivity index (χ0) is 20.7. The maximum absolute atomic E-state index is 13.4. The summed E-state index contributed by atoms with van der Waals surface area (Å²) in [6.45, 7) is 0.984. The fourth-order valence-corrected chi connectivity index (χ4v) is 6.18. The highest BCUT2D eigenvalue weighted by Crippen LogP contribution is 2.44. The van der Waals surface area contributed by atoms with Crippen LogP contribution in [0.3, 0.4) is 0 Å². The van der Waals surface area contributed by atoms with E-state index >= 15 is 0 Å². The van der Waals surface area contributed by atoms with Crippen molar-refractivity contribution in [3.8, 4) is 11.5 Å².